The molecule has 1 atom stereocenters. The summed E-state index contributed by atoms with van der Waals surface area (Å²) in [5.41, 5.74) is 1.35. The topological polar surface area (TPSA) is 54.2 Å². The van der Waals surface area contributed by atoms with Crippen molar-refractivity contribution < 1.29 is 0 Å². The number of nitrogens with zero attached hydrogens (tertiary/aromatic N) is 3. The maximum atomic E-state index is 4.73. The van der Waals surface area contributed by atoms with Gasteiger partial charge in [0.25, 0.3) is 0 Å². The zero-order valence-corrected chi connectivity index (χ0v) is 19.1. The van der Waals surface area contributed by atoms with Crippen molar-refractivity contribution in [2.45, 2.75) is 44.5 Å². The fourth-order valence-corrected chi connectivity index (χ4v) is 4.30. The quantitative estimate of drug-likeness (QED) is 0.331. The molecule has 7 heteroatoms. The Morgan fingerprint density at radius 1 is 1.30 bits per heavy atom. The van der Waals surface area contributed by atoms with Gasteiger partial charge in [-0.05, 0) is 37.5 Å². The molecule has 2 N–H and O–H groups in total. The maximum absolute atomic E-state index is 4.73. The predicted octanol–water partition coefficient (Wildman–Crippen LogP) is 3.69. The first-order valence-corrected chi connectivity index (χ1v) is 10.6. The van der Waals surface area contributed by atoms with Crippen LogP contribution >= 0.6 is 35.7 Å². The molecule has 0 amide bonds. The zero-order chi connectivity index (χ0) is 18.0. The molecule has 0 bridgehead atoms. The minimum absolute atomic E-state index is 0. The van der Waals surface area contributed by atoms with Gasteiger partial charge in [-0.2, -0.15) is 11.8 Å². The fraction of sp³-hybridized carbons (Fsp3) is 0.500. The number of imidazole rings is 1. The highest BCUT2D eigenvalue weighted by Crippen LogP contribution is 2.25. The standard InChI is InChI=1S/C20H29N5S.HI/c1-2-21-20(23-15-18-9-6-14-26-18)24-16-19-22-11-13-25(19)12-10-17-7-4-3-5-8-17;/h3-5,7-8,11,13,18H,2,6,9-10,12,14-16H2,1H3,(H2,21,23,24);1H. The van der Waals surface area contributed by atoms with Gasteiger partial charge < -0.3 is 15.2 Å². The molecular weight excluding hydrogens is 469 g/mol. The number of thioether (sulfide) groups is 1. The second-order valence-corrected chi connectivity index (χ2v) is 7.89. The van der Waals surface area contributed by atoms with Crippen molar-refractivity contribution in [2.75, 3.05) is 18.8 Å². The molecule has 1 aliphatic heterocycles. The number of aliphatic imine (C=N–C) groups is 1. The lowest BCUT2D eigenvalue weighted by Gasteiger charge is -2.14. The Balaban J connectivity index is 0.00000261. The normalized spacial score (nSPS) is 16.8. The van der Waals surface area contributed by atoms with Crippen molar-refractivity contribution in [3.8, 4) is 0 Å². The summed E-state index contributed by atoms with van der Waals surface area (Å²) in [7, 11) is 0. The van der Waals surface area contributed by atoms with Crippen molar-refractivity contribution in [1.29, 1.82) is 0 Å². The van der Waals surface area contributed by atoms with Crippen LogP contribution in [0.1, 0.15) is 31.2 Å². The number of halogens is 1. The third-order valence-corrected chi connectivity index (χ3v) is 5.93. The second-order valence-electron chi connectivity index (χ2n) is 6.48. The molecule has 0 spiro atoms. The fourth-order valence-electron chi connectivity index (χ4n) is 3.10. The first-order valence-electron chi connectivity index (χ1n) is 9.53. The monoisotopic (exact) mass is 499 g/mol. The van der Waals surface area contributed by atoms with Gasteiger partial charge in [-0.3, -0.25) is 0 Å². The summed E-state index contributed by atoms with van der Waals surface area (Å²) in [4.78, 5) is 9.23. The van der Waals surface area contributed by atoms with Crippen molar-refractivity contribution >= 4 is 41.7 Å². The Morgan fingerprint density at radius 3 is 2.89 bits per heavy atom. The molecule has 27 heavy (non-hydrogen) atoms. The molecule has 0 radical (unpaired) electrons. The minimum Gasteiger partial charge on any atom is -0.357 e. The van der Waals surface area contributed by atoms with Crippen LogP contribution in [0.3, 0.4) is 0 Å². The van der Waals surface area contributed by atoms with Crippen molar-refractivity contribution in [2.24, 2.45) is 4.99 Å². The maximum Gasteiger partial charge on any atom is 0.191 e. The van der Waals surface area contributed by atoms with Crippen LogP contribution < -0.4 is 10.6 Å². The highest BCUT2D eigenvalue weighted by molar-refractivity contribution is 14.0. The lowest BCUT2D eigenvalue weighted by molar-refractivity contribution is 0.649. The molecule has 2 heterocycles. The molecule has 1 saturated heterocycles. The first-order chi connectivity index (χ1) is 12.8. The number of nitrogens with one attached hydrogen (secondary N) is 2. The molecule has 0 aliphatic carbocycles. The van der Waals surface area contributed by atoms with Gasteiger partial charge in [0.1, 0.15) is 12.4 Å². The van der Waals surface area contributed by atoms with E-state index in [1.165, 1.54) is 24.2 Å². The van der Waals surface area contributed by atoms with E-state index in [0.29, 0.717) is 11.8 Å². The van der Waals surface area contributed by atoms with E-state index in [1.807, 2.05) is 12.4 Å². The van der Waals surface area contributed by atoms with Gasteiger partial charge in [0.05, 0.1) is 0 Å². The largest absolute Gasteiger partial charge is 0.357 e. The Bertz CT molecular complexity index is 683. The average Bonchev–Trinajstić information content (AvgIpc) is 3.35. The summed E-state index contributed by atoms with van der Waals surface area (Å²) in [6.45, 7) is 5.47. The van der Waals surface area contributed by atoms with E-state index in [4.69, 9.17) is 4.99 Å². The first kappa shape index (κ1) is 22.1. The lowest BCUT2D eigenvalue weighted by atomic mass is 10.1. The van der Waals surface area contributed by atoms with Crippen LogP contribution in [0, 0.1) is 0 Å². The molecule has 3 rings (SSSR count). The molecule has 5 nitrogen and oxygen atoms in total. The molecule has 2 aromatic rings. The summed E-state index contributed by atoms with van der Waals surface area (Å²) in [5.74, 6) is 3.18. The Kier molecular flexibility index (Phi) is 10.0. The van der Waals surface area contributed by atoms with Gasteiger partial charge in [0.15, 0.2) is 5.96 Å². The van der Waals surface area contributed by atoms with E-state index in [1.54, 1.807) is 0 Å². The van der Waals surface area contributed by atoms with E-state index in [2.05, 4.69) is 69.2 Å². The SMILES string of the molecule is CCNC(=NCc1nccn1CCc1ccccc1)NCC1CCCS1.I. The van der Waals surface area contributed by atoms with Gasteiger partial charge in [0.2, 0.25) is 0 Å². The third kappa shape index (κ3) is 7.37. The van der Waals surface area contributed by atoms with Gasteiger partial charge in [-0.25, -0.2) is 9.98 Å². The molecule has 1 aromatic heterocycles. The van der Waals surface area contributed by atoms with Crippen molar-refractivity contribution in [3.63, 3.8) is 0 Å². The van der Waals surface area contributed by atoms with Gasteiger partial charge in [0, 0.05) is 37.3 Å². The Labute approximate surface area is 183 Å². The molecule has 148 valence electrons. The Hall–Kier alpha value is -1.22. The zero-order valence-electron chi connectivity index (χ0n) is 15.9. The van der Waals surface area contributed by atoms with E-state index in [-0.39, 0.29) is 24.0 Å². The van der Waals surface area contributed by atoms with Crippen LogP contribution in [0.15, 0.2) is 47.7 Å². The molecule has 1 aliphatic rings. The number of aromatic nitrogens is 2. The smallest absolute Gasteiger partial charge is 0.191 e. The van der Waals surface area contributed by atoms with Gasteiger partial charge in [-0.1, -0.05) is 30.3 Å². The summed E-state index contributed by atoms with van der Waals surface area (Å²) in [5, 5.41) is 7.54. The molecular formula is C20H30IN5S. The number of aryl methyl sites for hydroxylation is 2. The molecule has 1 aromatic carbocycles. The predicted molar refractivity (Wildman–Crippen MR) is 126 cm³/mol. The van der Waals surface area contributed by atoms with E-state index in [0.717, 1.165) is 37.8 Å². The summed E-state index contributed by atoms with van der Waals surface area (Å²) in [6.07, 6.45) is 7.56. The third-order valence-electron chi connectivity index (χ3n) is 4.53. The summed E-state index contributed by atoms with van der Waals surface area (Å²) in [6, 6.07) is 10.6. The second kappa shape index (κ2) is 12.3. The number of benzene rings is 1. The lowest BCUT2D eigenvalue weighted by Crippen LogP contribution is -2.40. The van der Waals surface area contributed by atoms with Crippen LogP contribution in [0.25, 0.3) is 0 Å². The Morgan fingerprint density at radius 2 is 2.15 bits per heavy atom. The summed E-state index contributed by atoms with van der Waals surface area (Å²) < 4.78 is 2.20. The van der Waals surface area contributed by atoms with Crippen molar-refractivity contribution in [3.05, 3.63) is 54.1 Å². The van der Waals surface area contributed by atoms with Crippen LogP contribution in [-0.4, -0.2) is 39.6 Å². The van der Waals surface area contributed by atoms with Crippen LogP contribution in [0.5, 0.6) is 0 Å². The summed E-state index contributed by atoms with van der Waals surface area (Å²) >= 11 is 2.06. The number of rotatable bonds is 8. The average molecular weight is 499 g/mol. The number of hydrogen-bond acceptors (Lipinski definition) is 3. The molecule has 1 unspecified atom stereocenters. The van der Waals surface area contributed by atoms with Gasteiger partial charge in [-0.15, -0.1) is 24.0 Å². The highest BCUT2D eigenvalue weighted by atomic mass is 127. The highest BCUT2D eigenvalue weighted by Gasteiger charge is 2.15. The number of guanidine groups is 1. The van der Waals surface area contributed by atoms with Crippen LogP contribution in [-0.2, 0) is 19.5 Å². The molecule has 1 fully saturated rings. The van der Waals surface area contributed by atoms with E-state index in [9.17, 15) is 0 Å². The van der Waals surface area contributed by atoms with Crippen LogP contribution in [0.2, 0.25) is 0 Å². The van der Waals surface area contributed by atoms with Gasteiger partial charge >= 0.3 is 0 Å². The van der Waals surface area contributed by atoms with Crippen LogP contribution in [0.4, 0.5) is 0 Å². The van der Waals surface area contributed by atoms with E-state index < -0.39 is 0 Å². The van der Waals surface area contributed by atoms with Crippen molar-refractivity contribution in [1.82, 2.24) is 20.2 Å². The minimum atomic E-state index is 0. The molecule has 0 saturated carbocycles. The van der Waals surface area contributed by atoms with E-state index >= 15 is 0 Å². The number of hydrogen-bond donors (Lipinski definition) is 2.